The minimum atomic E-state index is -0.140. The summed E-state index contributed by atoms with van der Waals surface area (Å²) in [5.74, 6) is -0.140. The van der Waals surface area contributed by atoms with Crippen molar-refractivity contribution in [1.29, 1.82) is 0 Å². The number of nitrogens with two attached hydrogens (primary N) is 1. The summed E-state index contributed by atoms with van der Waals surface area (Å²) in [7, 11) is 1.74. The first kappa shape index (κ1) is 12.9. The quantitative estimate of drug-likeness (QED) is 0.835. The van der Waals surface area contributed by atoms with Crippen molar-refractivity contribution < 1.29 is 4.79 Å². The Kier molecular flexibility index (Phi) is 2.51. The fraction of sp³-hybridized carbons (Fsp3) is 0.692. The van der Waals surface area contributed by atoms with Crippen molar-refractivity contribution in [3.63, 3.8) is 0 Å². The Morgan fingerprint density at radius 2 is 1.83 bits per heavy atom. The van der Waals surface area contributed by atoms with Crippen molar-refractivity contribution in [3.8, 4) is 0 Å². The lowest BCUT2D eigenvalue weighted by Gasteiger charge is -2.07. The molecular weight excluding hydrogens is 228 g/mol. The Hall–Kier alpha value is -1.52. The van der Waals surface area contributed by atoms with Crippen LogP contribution < -0.4 is 11.1 Å². The van der Waals surface area contributed by atoms with E-state index < -0.39 is 0 Å². The van der Waals surface area contributed by atoms with Gasteiger partial charge in [-0.05, 0) is 17.8 Å². The highest BCUT2D eigenvalue weighted by molar-refractivity contribution is 5.98. The smallest absolute Gasteiger partial charge is 0.271 e. The Labute approximate surface area is 108 Å². The molecule has 0 aliphatic heterocycles. The molecule has 0 unspecified atom stereocenters. The zero-order chi connectivity index (χ0) is 13.9. The third kappa shape index (κ3) is 1.53. The summed E-state index contributed by atoms with van der Waals surface area (Å²) in [6, 6.07) is 0.173. The molecule has 0 aromatic carbocycles. The summed E-state index contributed by atoms with van der Waals surface area (Å²) in [6.07, 6.45) is 0. The second-order valence-electron chi connectivity index (χ2n) is 6.32. The van der Waals surface area contributed by atoms with Gasteiger partial charge < -0.3 is 11.1 Å². The van der Waals surface area contributed by atoms with Crippen molar-refractivity contribution in [2.45, 2.75) is 40.7 Å². The van der Waals surface area contributed by atoms with Gasteiger partial charge in [-0.3, -0.25) is 9.48 Å². The molecule has 1 aromatic rings. The number of hydrogen-bond donors (Lipinski definition) is 2. The molecule has 0 spiro atoms. The molecule has 5 heteroatoms. The number of aryl methyl sites for hydroxylation is 2. The van der Waals surface area contributed by atoms with Gasteiger partial charge in [-0.1, -0.05) is 27.7 Å². The summed E-state index contributed by atoms with van der Waals surface area (Å²) < 4.78 is 1.54. The first-order valence-electron chi connectivity index (χ1n) is 6.20. The zero-order valence-electron chi connectivity index (χ0n) is 12.0. The number of carbonyl (C=O) groups excluding carboxylic acids is 1. The van der Waals surface area contributed by atoms with Crippen LogP contribution in [0.1, 0.15) is 43.9 Å². The highest BCUT2D eigenvalue weighted by Gasteiger charge is 2.65. The third-order valence-corrected chi connectivity index (χ3v) is 4.78. The van der Waals surface area contributed by atoms with Gasteiger partial charge in [0.1, 0.15) is 5.69 Å². The van der Waals surface area contributed by atoms with E-state index in [1.807, 2.05) is 0 Å². The SMILES string of the molecule is Cc1nn(C)c(C(=O)NC2C(C)(C)C2(C)C)c1N. The van der Waals surface area contributed by atoms with E-state index in [9.17, 15) is 4.79 Å². The normalized spacial score (nSPS) is 20.8. The molecule has 5 nitrogen and oxygen atoms in total. The maximum Gasteiger partial charge on any atom is 0.271 e. The fourth-order valence-corrected chi connectivity index (χ4v) is 2.70. The van der Waals surface area contributed by atoms with E-state index in [1.165, 1.54) is 0 Å². The van der Waals surface area contributed by atoms with Crippen LogP contribution in [0, 0.1) is 17.8 Å². The molecule has 0 radical (unpaired) electrons. The maximum absolute atomic E-state index is 12.3. The van der Waals surface area contributed by atoms with Gasteiger partial charge in [0.15, 0.2) is 0 Å². The lowest BCUT2D eigenvalue weighted by atomic mass is 10.0. The van der Waals surface area contributed by atoms with E-state index in [1.54, 1.807) is 18.7 Å². The predicted octanol–water partition coefficient (Wildman–Crippen LogP) is 1.48. The summed E-state index contributed by atoms with van der Waals surface area (Å²) >= 11 is 0. The first-order valence-corrected chi connectivity index (χ1v) is 6.20. The molecule has 0 atom stereocenters. The molecule has 18 heavy (non-hydrogen) atoms. The number of rotatable bonds is 2. The number of nitrogens with zero attached hydrogens (tertiary/aromatic N) is 2. The van der Waals surface area contributed by atoms with Crippen LogP contribution >= 0.6 is 0 Å². The molecule has 3 N–H and O–H groups in total. The Balaban J connectivity index is 2.20. The summed E-state index contributed by atoms with van der Waals surface area (Å²) in [5.41, 5.74) is 7.73. The lowest BCUT2D eigenvalue weighted by Crippen LogP contribution is -2.31. The summed E-state index contributed by atoms with van der Waals surface area (Å²) in [5, 5.41) is 7.23. The molecule has 1 heterocycles. The van der Waals surface area contributed by atoms with E-state index in [4.69, 9.17) is 5.73 Å². The van der Waals surface area contributed by atoms with Crippen molar-refractivity contribution in [2.24, 2.45) is 17.9 Å². The molecule has 1 amide bonds. The Morgan fingerprint density at radius 1 is 1.33 bits per heavy atom. The molecule has 1 fully saturated rings. The van der Waals surface area contributed by atoms with Gasteiger partial charge in [-0.2, -0.15) is 5.10 Å². The number of hydrogen-bond acceptors (Lipinski definition) is 3. The lowest BCUT2D eigenvalue weighted by molar-refractivity contribution is 0.0935. The average molecular weight is 250 g/mol. The van der Waals surface area contributed by atoms with Gasteiger partial charge in [0, 0.05) is 13.1 Å². The van der Waals surface area contributed by atoms with Crippen LogP contribution in [0.15, 0.2) is 0 Å². The van der Waals surface area contributed by atoms with Gasteiger partial charge in [-0.25, -0.2) is 0 Å². The fourth-order valence-electron chi connectivity index (χ4n) is 2.70. The molecule has 0 bridgehead atoms. The van der Waals surface area contributed by atoms with Crippen LogP contribution in [0.2, 0.25) is 0 Å². The second-order valence-corrected chi connectivity index (χ2v) is 6.32. The van der Waals surface area contributed by atoms with Gasteiger partial charge in [0.2, 0.25) is 0 Å². The van der Waals surface area contributed by atoms with Crippen LogP contribution in [0.4, 0.5) is 5.69 Å². The van der Waals surface area contributed by atoms with Gasteiger partial charge >= 0.3 is 0 Å². The topological polar surface area (TPSA) is 72.9 Å². The molecule has 1 aromatic heterocycles. The van der Waals surface area contributed by atoms with Crippen LogP contribution in [0.5, 0.6) is 0 Å². The zero-order valence-corrected chi connectivity index (χ0v) is 12.0. The van der Waals surface area contributed by atoms with E-state index in [0.29, 0.717) is 17.1 Å². The van der Waals surface area contributed by atoms with Gasteiger partial charge in [0.05, 0.1) is 11.4 Å². The Morgan fingerprint density at radius 3 is 2.17 bits per heavy atom. The van der Waals surface area contributed by atoms with Crippen molar-refractivity contribution in [2.75, 3.05) is 5.73 Å². The highest BCUT2D eigenvalue weighted by atomic mass is 16.2. The van der Waals surface area contributed by atoms with E-state index in [-0.39, 0.29) is 22.8 Å². The number of carbonyl (C=O) groups is 1. The Bertz CT molecular complexity index is 499. The van der Waals surface area contributed by atoms with Crippen LogP contribution in [-0.2, 0) is 7.05 Å². The minimum absolute atomic E-state index is 0.116. The largest absolute Gasteiger partial charge is 0.395 e. The molecule has 1 aliphatic carbocycles. The summed E-state index contributed by atoms with van der Waals surface area (Å²) in [4.78, 5) is 12.3. The monoisotopic (exact) mass is 250 g/mol. The summed E-state index contributed by atoms with van der Waals surface area (Å²) in [6.45, 7) is 10.5. The second kappa shape index (κ2) is 3.49. The number of aromatic nitrogens is 2. The molecule has 1 saturated carbocycles. The number of amides is 1. The first-order chi connectivity index (χ1) is 8.10. The predicted molar refractivity (Wildman–Crippen MR) is 71.2 cm³/mol. The van der Waals surface area contributed by atoms with Crippen molar-refractivity contribution >= 4 is 11.6 Å². The number of anilines is 1. The maximum atomic E-state index is 12.3. The van der Waals surface area contributed by atoms with Crippen LogP contribution in [0.3, 0.4) is 0 Å². The number of nitrogens with one attached hydrogen (secondary N) is 1. The standard InChI is InChI=1S/C13H22N4O/c1-7-8(14)9(17(6)16-7)10(18)15-11-12(2,3)13(11,4)5/h11H,14H2,1-6H3,(H,15,18). The van der Waals surface area contributed by atoms with Crippen molar-refractivity contribution in [3.05, 3.63) is 11.4 Å². The molecule has 0 saturated heterocycles. The molecule has 1 aliphatic rings. The number of nitrogen functional groups attached to an aromatic ring is 1. The minimum Gasteiger partial charge on any atom is -0.395 e. The van der Waals surface area contributed by atoms with E-state index >= 15 is 0 Å². The van der Waals surface area contributed by atoms with Crippen LogP contribution in [0.25, 0.3) is 0 Å². The van der Waals surface area contributed by atoms with Crippen molar-refractivity contribution in [1.82, 2.24) is 15.1 Å². The van der Waals surface area contributed by atoms with E-state index in [2.05, 4.69) is 38.1 Å². The highest BCUT2D eigenvalue weighted by Crippen LogP contribution is 2.62. The third-order valence-electron chi connectivity index (χ3n) is 4.78. The van der Waals surface area contributed by atoms with Gasteiger partial charge in [0.25, 0.3) is 5.91 Å². The molecular formula is C13H22N4O. The average Bonchev–Trinajstić information content (AvgIpc) is 2.50. The van der Waals surface area contributed by atoms with Gasteiger partial charge in [-0.15, -0.1) is 0 Å². The molecule has 2 rings (SSSR count). The van der Waals surface area contributed by atoms with E-state index in [0.717, 1.165) is 0 Å². The molecule has 100 valence electrons. The van der Waals surface area contributed by atoms with Crippen LogP contribution in [-0.4, -0.2) is 21.7 Å².